The summed E-state index contributed by atoms with van der Waals surface area (Å²) in [6.45, 7) is 10.0. The van der Waals surface area contributed by atoms with Gasteiger partial charge in [-0.3, -0.25) is 14.3 Å². The Balaban J connectivity index is 1.85. The smallest absolute Gasteiger partial charge is 0.262 e. The lowest BCUT2D eigenvalue weighted by Gasteiger charge is -2.14. The van der Waals surface area contributed by atoms with Crippen LogP contribution in [0.4, 0.5) is 11.4 Å². The molecule has 0 bridgehead atoms. The maximum absolute atomic E-state index is 13.1. The Labute approximate surface area is 207 Å². The molecule has 0 saturated carbocycles. The van der Waals surface area contributed by atoms with Crippen LogP contribution in [0.15, 0.2) is 65.6 Å². The summed E-state index contributed by atoms with van der Waals surface area (Å²) in [6, 6.07) is 16.5. The van der Waals surface area contributed by atoms with Gasteiger partial charge in [-0.2, -0.15) is 0 Å². The van der Waals surface area contributed by atoms with E-state index >= 15 is 0 Å². The molecule has 35 heavy (non-hydrogen) atoms. The molecular weight excluding hydrogens is 462 g/mol. The monoisotopic (exact) mass is 493 g/mol. The lowest BCUT2D eigenvalue weighted by Crippen LogP contribution is -2.28. The first-order valence-corrected chi connectivity index (χ1v) is 12.9. The fourth-order valence-corrected chi connectivity index (χ4v) is 4.74. The number of para-hydroxylation sites is 1. The van der Waals surface area contributed by atoms with E-state index in [9.17, 15) is 18.0 Å². The molecule has 3 N–H and O–H groups in total. The molecule has 8 heteroatoms. The van der Waals surface area contributed by atoms with E-state index in [-0.39, 0.29) is 22.3 Å². The quantitative estimate of drug-likeness (QED) is 0.408. The highest BCUT2D eigenvalue weighted by molar-refractivity contribution is 7.92. The van der Waals surface area contributed by atoms with E-state index in [4.69, 9.17) is 0 Å². The van der Waals surface area contributed by atoms with Gasteiger partial charge in [0.25, 0.3) is 21.8 Å². The average molecular weight is 494 g/mol. The number of aryl methyl sites for hydroxylation is 3. The Bertz CT molecular complexity index is 1360. The van der Waals surface area contributed by atoms with E-state index in [1.165, 1.54) is 6.07 Å². The number of carbonyl (C=O) groups excluding carboxylic acids is 2. The highest BCUT2D eigenvalue weighted by Gasteiger charge is 2.21. The van der Waals surface area contributed by atoms with Crippen LogP contribution in [-0.2, 0) is 10.0 Å². The third kappa shape index (κ3) is 6.48. The largest absolute Gasteiger partial charge is 0.352 e. The summed E-state index contributed by atoms with van der Waals surface area (Å²) in [5.74, 6) is -0.526. The van der Waals surface area contributed by atoms with Crippen LogP contribution >= 0.6 is 0 Å². The minimum atomic E-state index is -3.93. The van der Waals surface area contributed by atoms with Gasteiger partial charge in [0, 0.05) is 17.8 Å². The zero-order valence-electron chi connectivity index (χ0n) is 20.6. The van der Waals surface area contributed by atoms with Crippen LogP contribution in [0.5, 0.6) is 0 Å². The summed E-state index contributed by atoms with van der Waals surface area (Å²) in [4.78, 5) is 25.6. The predicted molar refractivity (Wildman–Crippen MR) is 139 cm³/mol. The van der Waals surface area contributed by atoms with E-state index < -0.39 is 15.9 Å². The van der Waals surface area contributed by atoms with Crippen molar-refractivity contribution in [2.45, 2.75) is 39.5 Å². The molecule has 0 spiro atoms. The van der Waals surface area contributed by atoms with Crippen LogP contribution in [-0.4, -0.2) is 26.8 Å². The minimum absolute atomic E-state index is 0.00587. The molecule has 3 rings (SSSR count). The number of hydrogen-bond acceptors (Lipinski definition) is 4. The Morgan fingerprint density at radius 2 is 1.51 bits per heavy atom. The second-order valence-electron chi connectivity index (χ2n) is 8.99. The lowest BCUT2D eigenvalue weighted by atomic mass is 10.1. The van der Waals surface area contributed by atoms with Crippen molar-refractivity contribution in [2.24, 2.45) is 5.92 Å². The Kier molecular flexibility index (Phi) is 7.96. The number of nitrogens with one attached hydrogen (secondary N) is 3. The Hall–Kier alpha value is -3.65. The first kappa shape index (κ1) is 26.0. The fourth-order valence-electron chi connectivity index (χ4n) is 3.42. The van der Waals surface area contributed by atoms with Gasteiger partial charge in [-0.1, -0.05) is 38.1 Å². The second kappa shape index (κ2) is 10.7. The number of amides is 2. The molecule has 0 fully saturated rings. The SMILES string of the molecule is Cc1ccc(NS(=O)(=O)c2cc(C(=O)Nc3ccccc3C(=O)NCC(C)C)ccc2C)cc1C. The van der Waals surface area contributed by atoms with Crippen LogP contribution in [0.25, 0.3) is 0 Å². The molecule has 3 aromatic carbocycles. The minimum Gasteiger partial charge on any atom is -0.352 e. The lowest BCUT2D eigenvalue weighted by molar-refractivity contribution is 0.0950. The van der Waals surface area contributed by atoms with E-state index in [2.05, 4.69) is 15.4 Å². The molecule has 0 heterocycles. The molecule has 0 atom stereocenters. The third-order valence-electron chi connectivity index (χ3n) is 5.59. The van der Waals surface area contributed by atoms with E-state index in [0.717, 1.165) is 11.1 Å². The Morgan fingerprint density at radius 1 is 0.829 bits per heavy atom. The molecule has 3 aromatic rings. The summed E-state index contributed by atoms with van der Waals surface area (Å²) in [5, 5.41) is 5.58. The normalized spacial score (nSPS) is 11.3. The molecule has 7 nitrogen and oxygen atoms in total. The zero-order valence-corrected chi connectivity index (χ0v) is 21.4. The summed E-state index contributed by atoms with van der Waals surface area (Å²) in [6.07, 6.45) is 0. The van der Waals surface area contributed by atoms with Gasteiger partial charge in [0.05, 0.1) is 16.1 Å². The van der Waals surface area contributed by atoms with Gasteiger partial charge in [-0.15, -0.1) is 0 Å². The van der Waals surface area contributed by atoms with Crippen molar-refractivity contribution in [2.75, 3.05) is 16.6 Å². The molecule has 0 aliphatic carbocycles. The number of anilines is 2. The third-order valence-corrected chi connectivity index (χ3v) is 7.11. The van der Waals surface area contributed by atoms with Gasteiger partial charge in [0.15, 0.2) is 0 Å². The highest BCUT2D eigenvalue weighted by Crippen LogP contribution is 2.23. The molecule has 2 amide bonds. The maximum atomic E-state index is 13.1. The van der Waals surface area contributed by atoms with Crippen molar-refractivity contribution in [1.29, 1.82) is 0 Å². The number of carbonyl (C=O) groups is 2. The number of rotatable bonds is 8. The van der Waals surface area contributed by atoms with Crippen LogP contribution in [0, 0.1) is 26.7 Å². The van der Waals surface area contributed by atoms with Crippen molar-refractivity contribution in [3.63, 3.8) is 0 Å². The summed E-state index contributed by atoms with van der Waals surface area (Å²) >= 11 is 0. The summed E-state index contributed by atoms with van der Waals surface area (Å²) in [5.41, 5.74) is 3.81. The van der Waals surface area contributed by atoms with Crippen molar-refractivity contribution >= 4 is 33.2 Å². The number of hydrogen-bond donors (Lipinski definition) is 3. The highest BCUT2D eigenvalue weighted by atomic mass is 32.2. The van der Waals surface area contributed by atoms with Crippen LogP contribution in [0.1, 0.15) is 51.3 Å². The summed E-state index contributed by atoms with van der Waals surface area (Å²) < 4.78 is 28.8. The predicted octanol–water partition coefficient (Wildman–Crippen LogP) is 5.05. The molecular formula is C27H31N3O4S. The first-order valence-electron chi connectivity index (χ1n) is 11.4. The fraction of sp³-hybridized carbons (Fsp3) is 0.259. The van der Waals surface area contributed by atoms with Crippen molar-refractivity contribution in [3.8, 4) is 0 Å². The zero-order chi connectivity index (χ0) is 25.8. The average Bonchev–Trinajstić information content (AvgIpc) is 2.80. The van der Waals surface area contributed by atoms with Crippen LogP contribution in [0.3, 0.4) is 0 Å². The van der Waals surface area contributed by atoms with Gasteiger partial charge in [-0.05, 0) is 79.8 Å². The molecule has 0 radical (unpaired) electrons. The molecule has 0 unspecified atom stereocenters. The van der Waals surface area contributed by atoms with Crippen molar-refractivity contribution < 1.29 is 18.0 Å². The van der Waals surface area contributed by atoms with Crippen LogP contribution in [0.2, 0.25) is 0 Å². The first-order chi connectivity index (χ1) is 16.5. The second-order valence-corrected chi connectivity index (χ2v) is 10.6. The molecule has 0 saturated heterocycles. The standard InChI is InChI=1S/C27H31N3O4S/c1-17(2)16-28-27(32)23-8-6-7-9-24(23)29-26(31)21-12-10-19(4)25(15-21)35(33,34)30-22-13-11-18(3)20(5)14-22/h6-15,17,30H,16H2,1-5H3,(H,28,32)(H,29,31). The number of sulfonamides is 1. The van der Waals surface area contributed by atoms with Gasteiger partial charge >= 0.3 is 0 Å². The van der Waals surface area contributed by atoms with Crippen molar-refractivity contribution in [3.05, 3.63) is 88.5 Å². The summed E-state index contributed by atoms with van der Waals surface area (Å²) in [7, 11) is -3.93. The molecule has 184 valence electrons. The van der Waals surface area contributed by atoms with Crippen LogP contribution < -0.4 is 15.4 Å². The Morgan fingerprint density at radius 3 is 2.20 bits per heavy atom. The molecule has 0 aromatic heterocycles. The van der Waals surface area contributed by atoms with Gasteiger partial charge in [0.1, 0.15) is 0 Å². The van der Waals surface area contributed by atoms with E-state index in [1.807, 2.05) is 33.8 Å². The van der Waals surface area contributed by atoms with E-state index in [1.54, 1.807) is 55.5 Å². The topological polar surface area (TPSA) is 104 Å². The molecule has 0 aliphatic heterocycles. The van der Waals surface area contributed by atoms with E-state index in [0.29, 0.717) is 29.0 Å². The number of benzene rings is 3. The van der Waals surface area contributed by atoms with Gasteiger partial charge < -0.3 is 10.6 Å². The van der Waals surface area contributed by atoms with Gasteiger partial charge in [-0.25, -0.2) is 8.42 Å². The molecule has 0 aliphatic rings. The van der Waals surface area contributed by atoms with Crippen molar-refractivity contribution in [1.82, 2.24) is 5.32 Å². The maximum Gasteiger partial charge on any atom is 0.262 e. The van der Waals surface area contributed by atoms with Gasteiger partial charge in [0.2, 0.25) is 0 Å².